The number of aromatic amines is 1. The molecule has 80 valence electrons. The smallest absolute Gasteiger partial charge is 0.199 e. The van der Waals surface area contributed by atoms with Crippen LogP contribution in [-0.2, 0) is 7.05 Å². The number of halogens is 1. The summed E-state index contributed by atoms with van der Waals surface area (Å²) in [5.74, 6) is 0.626. The molecule has 3 aromatic rings. The maximum Gasteiger partial charge on any atom is 0.199 e. The monoisotopic (exact) mass is 233 g/mol. The number of benzene rings is 1. The molecule has 3 rings (SSSR count). The number of aromatic nitrogens is 5. The number of fused-ring (bicyclic) bond motifs is 1. The summed E-state index contributed by atoms with van der Waals surface area (Å²) in [6.45, 7) is 0. The molecule has 0 saturated carbocycles. The number of nitrogens with one attached hydrogen (secondary N) is 1. The van der Waals surface area contributed by atoms with Gasteiger partial charge in [-0.2, -0.15) is 0 Å². The summed E-state index contributed by atoms with van der Waals surface area (Å²) in [4.78, 5) is 3.21. The molecule has 0 radical (unpaired) electrons. The van der Waals surface area contributed by atoms with E-state index in [1.54, 1.807) is 11.7 Å². The van der Waals surface area contributed by atoms with Crippen LogP contribution in [-0.4, -0.2) is 25.2 Å². The number of aryl methyl sites for hydroxylation is 1. The van der Waals surface area contributed by atoms with Crippen molar-refractivity contribution >= 4 is 22.5 Å². The zero-order valence-electron chi connectivity index (χ0n) is 8.48. The Bertz CT molecular complexity index is 654. The van der Waals surface area contributed by atoms with E-state index >= 15 is 0 Å². The SMILES string of the molecule is Cn1nnnc1-c1[nH]c2ccccc2c1Cl. The molecule has 0 atom stereocenters. The Morgan fingerprint density at radius 2 is 2.12 bits per heavy atom. The molecule has 0 amide bonds. The van der Waals surface area contributed by atoms with Crippen molar-refractivity contribution in [1.29, 1.82) is 0 Å². The van der Waals surface area contributed by atoms with Gasteiger partial charge in [-0.15, -0.1) is 5.10 Å². The predicted octanol–water partition coefficient (Wildman–Crippen LogP) is 2.01. The van der Waals surface area contributed by atoms with Crippen LogP contribution in [0.1, 0.15) is 0 Å². The Hall–Kier alpha value is -1.88. The Morgan fingerprint density at radius 3 is 2.81 bits per heavy atom. The van der Waals surface area contributed by atoms with Gasteiger partial charge >= 0.3 is 0 Å². The highest BCUT2D eigenvalue weighted by atomic mass is 35.5. The van der Waals surface area contributed by atoms with Gasteiger partial charge in [0, 0.05) is 18.0 Å². The van der Waals surface area contributed by atoms with E-state index < -0.39 is 0 Å². The topological polar surface area (TPSA) is 59.4 Å². The normalized spacial score (nSPS) is 11.1. The van der Waals surface area contributed by atoms with Crippen LogP contribution in [0.3, 0.4) is 0 Å². The van der Waals surface area contributed by atoms with Crippen molar-refractivity contribution in [3.05, 3.63) is 29.3 Å². The molecule has 0 aliphatic rings. The summed E-state index contributed by atoms with van der Waals surface area (Å²) in [6.07, 6.45) is 0. The Balaban J connectivity index is 2.33. The Labute approximate surface area is 96.0 Å². The quantitative estimate of drug-likeness (QED) is 0.700. The molecule has 16 heavy (non-hydrogen) atoms. The Kier molecular flexibility index (Phi) is 1.94. The van der Waals surface area contributed by atoms with Crippen molar-refractivity contribution in [2.24, 2.45) is 7.05 Å². The number of H-pyrrole nitrogens is 1. The molecule has 2 aromatic heterocycles. The van der Waals surface area contributed by atoms with Crippen molar-refractivity contribution in [2.75, 3.05) is 0 Å². The second-order valence-electron chi connectivity index (χ2n) is 3.49. The minimum Gasteiger partial charge on any atom is -0.351 e. The van der Waals surface area contributed by atoms with Gasteiger partial charge in [0.05, 0.1) is 5.02 Å². The largest absolute Gasteiger partial charge is 0.351 e. The lowest BCUT2D eigenvalue weighted by Gasteiger charge is -1.95. The second-order valence-corrected chi connectivity index (χ2v) is 3.86. The highest BCUT2D eigenvalue weighted by molar-refractivity contribution is 6.38. The molecule has 0 unspecified atom stereocenters. The first-order chi connectivity index (χ1) is 7.77. The van der Waals surface area contributed by atoms with Crippen LogP contribution in [0.15, 0.2) is 24.3 Å². The summed E-state index contributed by atoms with van der Waals surface area (Å²) >= 11 is 6.28. The van der Waals surface area contributed by atoms with E-state index in [-0.39, 0.29) is 0 Å². The molecule has 0 fully saturated rings. The molecule has 0 spiro atoms. The fourth-order valence-corrected chi connectivity index (χ4v) is 2.00. The van der Waals surface area contributed by atoms with E-state index in [0.717, 1.165) is 16.6 Å². The van der Waals surface area contributed by atoms with Gasteiger partial charge in [-0.05, 0) is 16.5 Å². The van der Waals surface area contributed by atoms with Crippen molar-refractivity contribution in [2.45, 2.75) is 0 Å². The fourth-order valence-electron chi connectivity index (χ4n) is 1.70. The van der Waals surface area contributed by atoms with Gasteiger partial charge in [-0.3, -0.25) is 0 Å². The van der Waals surface area contributed by atoms with E-state index in [9.17, 15) is 0 Å². The zero-order valence-corrected chi connectivity index (χ0v) is 9.23. The van der Waals surface area contributed by atoms with Gasteiger partial charge in [0.2, 0.25) is 0 Å². The first kappa shape index (κ1) is 9.35. The van der Waals surface area contributed by atoms with Crippen LogP contribution < -0.4 is 0 Å². The van der Waals surface area contributed by atoms with Crippen molar-refractivity contribution in [3.63, 3.8) is 0 Å². The van der Waals surface area contributed by atoms with Gasteiger partial charge < -0.3 is 4.98 Å². The number of hydrogen-bond donors (Lipinski definition) is 1. The first-order valence-electron chi connectivity index (χ1n) is 4.76. The number of hydrogen-bond acceptors (Lipinski definition) is 3. The van der Waals surface area contributed by atoms with Crippen LogP contribution in [0, 0.1) is 0 Å². The van der Waals surface area contributed by atoms with Crippen LogP contribution in [0.25, 0.3) is 22.4 Å². The number of nitrogens with zero attached hydrogens (tertiary/aromatic N) is 4. The molecule has 1 aromatic carbocycles. The number of para-hydroxylation sites is 1. The molecule has 6 heteroatoms. The lowest BCUT2D eigenvalue weighted by Crippen LogP contribution is -1.94. The number of rotatable bonds is 1. The third kappa shape index (κ3) is 1.22. The van der Waals surface area contributed by atoms with E-state index in [4.69, 9.17) is 11.6 Å². The third-order valence-corrected chi connectivity index (χ3v) is 2.88. The van der Waals surface area contributed by atoms with Gasteiger partial charge in [0.15, 0.2) is 5.82 Å². The standard InChI is InChI=1S/C10H8ClN5/c1-16-10(13-14-15-16)9-8(11)6-4-2-3-5-7(6)12-9/h2-5,12H,1H3. The molecule has 0 aliphatic carbocycles. The van der Waals surface area contributed by atoms with Crippen molar-refractivity contribution in [1.82, 2.24) is 25.2 Å². The second kappa shape index (κ2) is 3.31. The molecule has 5 nitrogen and oxygen atoms in total. The van der Waals surface area contributed by atoms with Gasteiger partial charge in [0.25, 0.3) is 0 Å². The summed E-state index contributed by atoms with van der Waals surface area (Å²) in [5.41, 5.74) is 1.72. The van der Waals surface area contributed by atoms with E-state index in [0.29, 0.717) is 10.8 Å². The lowest BCUT2D eigenvalue weighted by molar-refractivity contribution is 0.714. The van der Waals surface area contributed by atoms with Crippen molar-refractivity contribution in [3.8, 4) is 11.5 Å². The lowest BCUT2D eigenvalue weighted by atomic mass is 10.2. The first-order valence-corrected chi connectivity index (χ1v) is 5.14. The molecule has 0 saturated heterocycles. The van der Waals surface area contributed by atoms with Crippen LogP contribution >= 0.6 is 11.6 Å². The highest BCUT2D eigenvalue weighted by Gasteiger charge is 2.15. The van der Waals surface area contributed by atoms with Crippen LogP contribution in [0.2, 0.25) is 5.02 Å². The average molecular weight is 234 g/mol. The maximum absolute atomic E-state index is 6.28. The fraction of sp³-hybridized carbons (Fsp3) is 0.100. The summed E-state index contributed by atoms with van der Waals surface area (Å²) in [7, 11) is 1.77. The third-order valence-electron chi connectivity index (χ3n) is 2.49. The minimum absolute atomic E-state index is 0.626. The van der Waals surface area contributed by atoms with E-state index in [2.05, 4.69) is 20.5 Å². The van der Waals surface area contributed by atoms with Crippen LogP contribution in [0.5, 0.6) is 0 Å². The van der Waals surface area contributed by atoms with E-state index in [1.165, 1.54) is 0 Å². The van der Waals surface area contributed by atoms with Crippen molar-refractivity contribution < 1.29 is 0 Å². The molecule has 2 heterocycles. The molecular formula is C10H8ClN5. The summed E-state index contributed by atoms with van der Waals surface area (Å²) in [5, 5.41) is 12.9. The Morgan fingerprint density at radius 1 is 1.31 bits per heavy atom. The zero-order chi connectivity index (χ0) is 11.1. The molecule has 0 aliphatic heterocycles. The van der Waals surface area contributed by atoms with Gasteiger partial charge in [0.1, 0.15) is 5.69 Å². The molecule has 0 bridgehead atoms. The van der Waals surface area contributed by atoms with Crippen LogP contribution in [0.4, 0.5) is 0 Å². The summed E-state index contributed by atoms with van der Waals surface area (Å²) in [6, 6.07) is 7.82. The average Bonchev–Trinajstić information content (AvgIpc) is 2.84. The van der Waals surface area contributed by atoms with Gasteiger partial charge in [-0.1, -0.05) is 29.8 Å². The summed E-state index contributed by atoms with van der Waals surface area (Å²) < 4.78 is 1.58. The minimum atomic E-state index is 0.626. The highest BCUT2D eigenvalue weighted by Crippen LogP contribution is 2.32. The van der Waals surface area contributed by atoms with Gasteiger partial charge in [-0.25, -0.2) is 4.68 Å². The maximum atomic E-state index is 6.28. The van der Waals surface area contributed by atoms with E-state index in [1.807, 2.05) is 24.3 Å². The number of tetrazole rings is 1. The molecule has 1 N–H and O–H groups in total. The predicted molar refractivity (Wildman–Crippen MR) is 61.1 cm³/mol. The molecular weight excluding hydrogens is 226 g/mol.